The molecule has 0 fully saturated rings. The second-order valence-electron chi connectivity index (χ2n) is 5.68. The van der Waals surface area contributed by atoms with E-state index in [9.17, 15) is 9.59 Å². The van der Waals surface area contributed by atoms with Gasteiger partial charge in [-0.25, -0.2) is 4.79 Å². The monoisotopic (exact) mass is 370 g/mol. The van der Waals surface area contributed by atoms with Crippen molar-refractivity contribution in [2.75, 3.05) is 27.4 Å². The quantitative estimate of drug-likeness (QED) is 0.384. The summed E-state index contributed by atoms with van der Waals surface area (Å²) in [5, 5.41) is 3.69. The van der Waals surface area contributed by atoms with E-state index in [2.05, 4.69) is 5.16 Å². The number of nitrogens with zero attached hydrogens (tertiary/aromatic N) is 2. The van der Waals surface area contributed by atoms with Crippen molar-refractivity contribution in [1.82, 2.24) is 4.90 Å². The summed E-state index contributed by atoms with van der Waals surface area (Å²) in [4.78, 5) is 30.0. The van der Waals surface area contributed by atoms with Gasteiger partial charge in [0.2, 0.25) is 6.61 Å². The molecule has 0 saturated heterocycles. The average molecular weight is 370 g/mol. The van der Waals surface area contributed by atoms with Crippen molar-refractivity contribution >= 4 is 18.1 Å². The van der Waals surface area contributed by atoms with E-state index in [0.29, 0.717) is 6.54 Å². The van der Waals surface area contributed by atoms with Crippen molar-refractivity contribution in [3.8, 4) is 5.75 Å². The van der Waals surface area contributed by atoms with Crippen LogP contribution in [0.25, 0.3) is 0 Å². The number of hydrogen-bond donors (Lipinski definition) is 0. The Morgan fingerprint density at radius 2 is 1.74 bits per heavy atom. The summed E-state index contributed by atoms with van der Waals surface area (Å²) in [6.07, 6.45) is 1.46. The molecule has 0 N–H and O–H groups in total. The first-order chi connectivity index (χ1) is 13.1. The van der Waals surface area contributed by atoms with Gasteiger partial charge in [0.1, 0.15) is 5.75 Å². The Hall–Kier alpha value is -3.35. The van der Waals surface area contributed by atoms with Gasteiger partial charge < -0.3 is 19.2 Å². The number of likely N-dealkylation sites (N-methyl/N-ethyl adjacent to an activating group) is 1. The summed E-state index contributed by atoms with van der Waals surface area (Å²) in [5.74, 6) is -0.226. The van der Waals surface area contributed by atoms with Crippen molar-refractivity contribution in [3.63, 3.8) is 0 Å². The third kappa shape index (κ3) is 7.19. The van der Waals surface area contributed by atoms with E-state index in [1.54, 1.807) is 38.4 Å². The zero-order chi connectivity index (χ0) is 19.5. The number of amides is 1. The average Bonchev–Trinajstić information content (AvgIpc) is 2.70. The first-order valence-electron chi connectivity index (χ1n) is 8.31. The lowest BCUT2D eigenvalue weighted by Gasteiger charge is -2.17. The molecule has 0 bridgehead atoms. The minimum Gasteiger partial charge on any atom is -0.497 e. The number of esters is 1. The van der Waals surface area contributed by atoms with Gasteiger partial charge in [0, 0.05) is 13.6 Å². The Kier molecular flexibility index (Phi) is 7.84. The molecule has 0 aliphatic carbocycles. The van der Waals surface area contributed by atoms with E-state index in [-0.39, 0.29) is 19.1 Å². The normalized spacial score (nSPS) is 10.4. The Balaban J connectivity index is 1.66. The van der Waals surface area contributed by atoms with Gasteiger partial charge in [-0.3, -0.25) is 4.79 Å². The minimum absolute atomic E-state index is 0.297. The molecule has 0 unspecified atom stereocenters. The number of benzene rings is 2. The van der Waals surface area contributed by atoms with E-state index in [1.165, 1.54) is 11.1 Å². The summed E-state index contributed by atoms with van der Waals surface area (Å²) < 4.78 is 9.95. The van der Waals surface area contributed by atoms with Crippen LogP contribution >= 0.6 is 0 Å². The number of carbonyl (C=O) groups is 2. The second kappa shape index (κ2) is 10.6. The second-order valence-corrected chi connectivity index (χ2v) is 5.68. The van der Waals surface area contributed by atoms with Gasteiger partial charge in [-0.05, 0) is 35.4 Å². The maximum absolute atomic E-state index is 12.0. The molecule has 7 nitrogen and oxygen atoms in total. The van der Waals surface area contributed by atoms with Crippen molar-refractivity contribution in [2.45, 2.75) is 6.54 Å². The van der Waals surface area contributed by atoms with E-state index in [0.717, 1.165) is 16.9 Å². The molecular weight excluding hydrogens is 348 g/mol. The summed E-state index contributed by atoms with van der Waals surface area (Å²) in [5.41, 5.74) is 1.79. The highest BCUT2D eigenvalue weighted by atomic mass is 16.7. The minimum atomic E-state index is -0.664. The first-order valence-corrected chi connectivity index (χ1v) is 8.31. The van der Waals surface area contributed by atoms with Crippen molar-refractivity contribution in [1.29, 1.82) is 0 Å². The first kappa shape index (κ1) is 20.0. The number of hydrogen-bond acceptors (Lipinski definition) is 6. The molecule has 2 aromatic rings. The Morgan fingerprint density at radius 3 is 2.41 bits per heavy atom. The molecule has 0 spiro atoms. The molecular formula is C20H22N2O5. The summed E-state index contributed by atoms with van der Waals surface area (Å²) in [6, 6.07) is 16.7. The SMILES string of the molecule is COc1ccc(/C=N\OCC(=O)OCC(=O)N(C)Cc2ccccc2)cc1. The van der Waals surface area contributed by atoms with Crippen LogP contribution in [0.5, 0.6) is 5.75 Å². The topological polar surface area (TPSA) is 77.4 Å². The van der Waals surface area contributed by atoms with Crippen LogP contribution in [-0.4, -0.2) is 50.4 Å². The fourth-order valence-corrected chi connectivity index (χ4v) is 2.12. The van der Waals surface area contributed by atoms with Crippen molar-refractivity contribution in [3.05, 3.63) is 65.7 Å². The predicted molar refractivity (Wildman–Crippen MR) is 100 cm³/mol. The zero-order valence-corrected chi connectivity index (χ0v) is 15.3. The molecule has 0 atom stereocenters. The molecule has 0 aliphatic rings. The van der Waals surface area contributed by atoms with Gasteiger partial charge in [0.05, 0.1) is 13.3 Å². The molecule has 7 heteroatoms. The van der Waals surface area contributed by atoms with Crippen LogP contribution in [0.4, 0.5) is 0 Å². The third-order valence-corrected chi connectivity index (χ3v) is 3.62. The lowest BCUT2D eigenvalue weighted by Crippen LogP contribution is -2.31. The fraction of sp³-hybridized carbons (Fsp3) is 0.250. The summed E-state index contributed by atoms with van der Waals surface area (Å²) >= 11 is 0. The highest BCUT2D eigenvalue weighted by Crippen LogP contribution is 2.09. The maximum atomic E-state index is 12.0. The number of methoxy groups -OCH3 is 1. The Morgan fingerprint density at radius 1 is 1.04 bits per heavy atom. The largest absolute Gasteiger partial charge is 0.497 e. The van der Waals surface area contributed by atoms with Crippen LogP contribution < -0.4 is 4.74 Å². The fourth-order valence-electron chi connectivity index (χ4n) is 2.12. The van der Waals surface area contributed by atoms with Gasteiger partial charge in [0.25, 0.3) is 5.91 Å². The highest BCUT2D eigenvalue weighted by Gasteiger charge is 2.12. The molecule has 0 aromatic heterocycles. The van der Waals surface area contributed by atoms with E-state index in [4.69, 9.17) is 14.3 Å². The predicted octanol–water partition coefficient (Wildman–Crippen LogP) is 2.25. The highest BCUT2D eigenvalue weighted by molar-refractivity contribution is 5.81. The lowest BCUT2D eigenvalue weighted by molar-refractivity contribution is -0.155. The van der Waals surface area contributed by atoms with Crippen molar-refractivity contribution in [2.24, 2.45) is 5.16 Å². The van der Waals surface area contributed by atoms with Gasteiger partial charge in [-0.2, -0.15) is 0 Å². The van der Waals surface area contributed by atoms with E-state index in [1.807, 2.05) is 30.3 Å². The van der Waals surface area contributed by atoms with Gasteiger partial charge in [-0.1, -0.05) is 35.5 Å². The van der Waals surface area contributed by atoms with Crippen LogP contribution in [0.2, 0.25) is 0 Å². The molecule has 142 valence electrons. The van der Waals surface area contributed by atoms with E-state index < -0.39 is 5.97 Å². The lowest BCUT2D eigenvalue weighted by atomic mass is 10.2. The Bertz CT molecular complexity index is 760. The van der Waals surface area contributed by atoms with Crippen LogP contribution in [0, 0.1) is 0 Å². The molecule has 0 radical (unpaired) electrons. The molecule has 1 amide bonds. The molecule has 0 heterocycles. The number of carbonyl (C=O) groups excluding carboxylic acids is 2. The number of oxime groups is 1. The maximum Gasteiger partial charge on any atom is 0.347 e. The zero-order valence-electron chi connectivity index (χ0n) is 15.3. The number of ether oxygens (including phenoxy) is 2. The molecule has 2 rings (SSSR count). The Labute approximate surface area is 158 Å². The van der Waals surface area contributed by atoms with Crippen LogP contribution in [0.15, 0.2) is 59.8 Å². The molecule has 0 saturated carbocycles. The summed E-state index contributed by atoms with van der Waals surface area (Å²) in [6.45, 7) is -0.268. The van der Waals surface area contributed by atoms with E-state index >= 15 is 0 Å². The van der Waals surface area contributed by atoms with Crippen molar-refractivity contribution < 1.29 is 23.9 Å². The smallest absolute Gasteiger partial charge is 0.347 e. The van der Waals surface area contributed by atoms with Gasteiger partial charge >= 0.3 is 5.97 Å². The third-order valence-electron chi connectivity index (χ3n) is 3.62. The standard InChI is InChI=1S/C20H22N2O5/c1-22(13-17-6-4-3-5-7-17)19(23)14-26-20(24)15-27-21-12-16-8-10-18(25-2)11-9-16/h3-12H,13-15H2,1-2H3/b21-12-. The van der Waals surface area contributed by atoms with Crippen LogP contribution in [0.3, 0.4) is 0 Å². The van der Waals surface area contributed by atoms with Gasteiger partial charge in [-0.15, -0.1) is 0 Å². The number of rotatable bonds is 9. The molecule has 27 heavy (non-hydrogen) atoms. The molecule has 0 aliphatic heterocycles. The van der Waals surface area contributed by atoms with Gasteiger partial charge in [0.15, 0.2) is 6.61 Å². The molecule has 2 aromatic carbocycles. The van der Waals surface area contributed by atoms with Crippen LogP contribution in [0.1, 0.15) is 11.1 Å². The van der Waals surface area contributed by atoms with Crippen LogP contribution in [-0.2, 0) is 25.7 Å². The summed E-state index contributed by atoms with van der Waals surface area (Å²) in [7, 11) is 3.24.